The summed E-state index contributed by atoms with van der Waals surface area (Å²) < 4.78 is 14.1. The molecule has 156 valence electrons. The van der Waals surface area contributed by atoms with Crippen molar-refractivity contribution in [1.82, 2.24) is 0 Å². The molecule has 30 heavy (non-hydrogen) atoms. The standard InChI is InChI=1S/C26H28FNOS/c1-2-3-4-11-18-30-20-22-19-23(27)16-17-25(22)28(24-14-9-6-10-15-24)26(29)21-12-7-5-8-13-21/h5-10,12-17,19H,2-4,11,18,20H2,1H3. The van der Waals surface area contributed by atoms with Gasteiger partial charge in [0.1, 0.15) is 5.82 Å². The first-order chi connectivity index (χ1) is 14.7. The number of unbranched alkanes of at least 4 members (excludes halogenated alkanes) is 3. The monoisotopic (exact) mass is 421 g/mol. The van der Waals surface area contributed by atoms with Gasteiger partial charge >= 0.3 is 0 Å². The highest BCUT2D eigenvalue weighted by Gasteiger charge is 2.22. The number of thioether (sulfide) groups is 1. The SMILES string of the molecule is CCCCCCSCc1cc(F)ccc1N(C(=O)c1ccccc1)c1ccccc1. The average Bonchev–Trinajstić information content (AvgIpc) is 2.79. The predicted molar refractivity (Wildman–Crippen MR) is 126 cm³/mol. The second kappa shape index (κ2) is 11.6. The molecule has 0 fully saturated rings. The summed E-state index contributed by atoms with van der Waals surface area (Å²) in [5.74, 6) is 1.31. The fourth-order valence-corrected chi connectivity index (χ4v) is 4.36. The Morgan fingerprint density at radius 1 is 0.900 bits per heavy atom. The van der Waals surface area contributed by atoms with Crippen LogP contribution in [0.5, 0.6) is 0 Å². The van der Waals surface area contributed by atoms with Gasteiger partial charge in [0.15, 0.2) is 0 Å². The molecular formula is C26H28FNOS. The molecule has 0 saturated heterocycles. The summed E-state index contributed by atoms with van der Waals surface area (Å²) in [4.78, 5) is 15.2. The summed E-state index contributed by atoms with van der Waals surface area (Å²) >= 11 is 1.80. The number of para-hydroxylation sites is 1. The molecule has 0 aliphatic carbocycles. The van der Waals surface area contributed by atoms with Gasteiger partial charge < -0.3 is 0 Å². The Balaban J connectivity index is 1.90. The quantitative estimate of drug-likeness (QED) is 0.314. The lowest BCUT2D eigenvalue weighted by Crippen LogP contribution is -2.27. The van der Waals surface area contributed by atoms with Crippen LogP contribution in [-0.2, 0) is 5.75 Å². The van der Waals surface area contributed by atoms with E-state index >= 15 is 0 Å². The molecule has 0 saturated carbocycles. The molecule has 0 N–H and O–H groups in total. The van der Waals surface area contributed by atoms with Crippen molar-refractivity contribution in [1.29, 1.82) is 0 Å². The van der Waals surface area contributed by atoms with E-state index in [-0.39, 0.29) is 11.7 Å². The Hall–Kier alpha value is -2.59. The first-order valence-corrected chi connectivity index (χ1v) is 11.7. The van der Waals surface area contributed by atoms with E-state index in [9.17, 15) is 9.18 Å². The summed E-state index contributed by atoms with van der Waals surface area (Å²) in [6.45, 7) is 2.20. The molecular weight excluding hydrogens is 393 g/mol. The topological polar surface area (TPSA) is 20.3 Å². The van der Waals surface area contributed by atoms with E-state index in [4.69, 9.17) is 0 Å². The summed E-state index contributed by atoms with van der Waals surface area (Å²) in [6.07, 6.45) is 4.85. The van der Waals surface area contributed by atoms with Crippen LogP contribution in [0.3, 0.4) is 0 Å². The summed E-state index contributed by atoms with van der Waals surface area (Å²) in [7, 11) is 0. The molecule has 0 spiro atoms. The van der Waals surface area contributed by atoms with Crippen LogP contribution in [0.2, 0.25) is 0 Å². The number of rotatable bonds is 10. The number of halogens is 1. The van der Waals surface area contributed by atoms with Crippen molar-refractivity contribution < 1.29 is 9.18 Å². The van der Waals surface area contributed by atoms with Crippen molar-refractivity contribution in [2.45, 2.75) is 38.4 Å². The fourth-order valence-electron chi connectivity index (χ4n) is 3.35. The molecule has 3 rings (SSSR count). The normalized spacial score (nSPS) is 10.7. The van der Waals surface area contributed by atoms with Gasteiger partial charge in [-0.3, -0.25) is 9.69 Å². The van der Waals surface area contributed by atoms with E-state index in [0.29, 0.717) is 11.3 Å². The number of carbonyl (C=O) groups is 1. The fraction of sp³-hybridized carbons (Fsp3) is 0.269. The lowest BCUT2D eigenvalue weighted by atomic mass is 10.1. The zero-order valence-corrected chi connectivity index (χ0v) is 18.2. The van der Waals surface area contributed by atoms with Crippen LogP contribution < -0.4 is 4.90 Å². The molecule has 2 nitrogen and oxygen atoms in total. The maximum Gasteiger partial charge on any atom is 0.262 e. The van der Waals surface area contributed by atoms with E-state index in [1.807, 2.05) is 60.7 Å². The van der Waals surface area contributed by atoms with Crippen molar-refractivity contribution in [2.24, 2.45) is 0 Å². The number of anilines is 2. The van der Waals surface area contributed by atoms with Crippen LogP contribution in [0, 0.1) is 5.82 Å². The molecule has 4 heteroatoms. The third-order valence-corrected chi connectivity index (χ3v) is 6.01. The first-order valence-electron chi connectivity index (χ1n) is 10.5. The van der Waals surface area contributed by atoms with Crippen LogP contribution >= 0.6 is 11.8 Å². The third kappa shape index (κ3) is 5.96. The number of benzene rings is 3. The van der Waals surface area contributed by atoms with E-state index in [1.54, 1.807) is 28.8 Å². The van der Waals surface area contributed by atoms with Gasteiger partial charge in [-0.25, -0.2) is 4.39 Å². The Morgan fingerprint density at radius 3 is 2.30 bits per heavy atom. The van der Waals surface area contributed by atoms with Gasteiger partial charge in [-0.2, -0.15) is 11.8 Å². The lowest BCUT2D eigenvalue weighted by molar-refractivity contribution is 0.0999. The summed E-state index contributed by atoms with van der Waals surface area (Å²) in [5, 5.41) is 0. The molecule has 0 radical (unpaired) electrons. The molecule has 3 aromatic carbocycles. The molecule has 1 amide bonds. The highest BCUT2D eigenvalue weighted by molar-refractivity contribution is 7.98. The van der Waals surface area contributed by atoms with Crippen molar-refractivity contribution in [3.8, 4) is 0 Å². The Kier molecular flexibility index (Phi) is 8.52. The summed E-state index contributed by atoms with van der Waals surface area (Å²) in [6, 6.07) is 23.5. The van der Waals surface area contributed by atoms with Gasteiger partial charge in [0.05, 0.1) is 5.69 Å². The van der Waals surface area contributed by atoms with Gasteiger partial charge in [0.2, 0.25) is 0 Å². The number of amides is 1. The van der Waals surface area contributed by atoms with Crippen molar-refractivity contribution >= 4 is 29.0 Å². The van der Waals surface area contributed by atoms with Crippen LogP contribution in [0.1, 0.15) is 48.5 Å². The average molecular weight is 422 g/mol. The molecule has 0 aliphatic heterocycles. The van der Waals surface area contributed by atoms with E-state index < -0.39 is 0 Å². The maximum absolute atomic E-state index is 14.1. The summed E-state index contributed by atoms with van der Waals surface area (Å²) in [5.41, 5.74) is 2.94. The highest BCUT2D eigenvalue weighted by Crippen LogP contribution is 2.33. The van der Waals surface area contributed by atoms with E-state index in [0.717, 1.165) is 29.1 Å². The Labute approximate surface area is 183 Å². The van der Waals surface area contributed by atoms with E-state index in [1.165, 1.54) is 25.3 Å². The van der Waals surface area contributed by atoms with Crippen LogP contribution in [0.25, 0.3) is 0 Å². The molecule has 0 aromatic heterocycles. The maximum atomic E-state index is 14.1. The molecule has 3 aromatic rings. The lowest BCUT2D eigenvalue weighted by Gasteiger charge is -2.26. The highest BCUT2D eigenvalue weighted by atomic mass is 32.2. The minimum absolute atomic E-state index is 0.123. The molecule has 0 aliphatic rings. The molecule has 0 heterocycles. The molecule has 0 unspecified atom stereocenters. The zero-order valence-electron chi connectivity index (χ0n) is 17.4. The second-order valence-electron chi connectivity index (χ2n) is 7.23. The van der Waals surface area contributed by atoms with Crippen LogP contribution in [0.15, 0.2) is 78.9 Å². The van der Waals surface area contributed by atoms with Crippen molar-refractivity contribution in [3.05, 3.63) is 95.8 Å². The Bertz CT molecular complexity index is 930. The number of hydrogen-bond donors (Lipinski definition) is 0. The van der Waals surface area contributed by atoms with Crippen LogP contribution in [-0.4, -0.2) is 11.7 Å². The number of nitrogens with zero attached hydrogens (tertiary/aromatic N) is 1. The predicted octanol–water partition coefficient (Wildman–Crippen LogP) is 7.62. The van der Waals surface area contributed by atoms with Gasteiger partial charge in [-0.15, -0.1) is 0 Å². The smallest absolute Gasteiger partial charge is 0.262 e. The van der Waals surface area contributed by atoms with Crippen molar-refractivity contribution in [2.75, 3.05) is 10.7 Å². The Morgan fingerprint density at radius 2 is 1.60 bits per heavy atom. The van der Waals surface area contributed by atoms with Gasteiger partial charge in [-0.1, -0.05) is 62.6 Å². The first kappa shape index (κ1) is 22.1. The third-order valence-electron chi connectivity index (χ3n) is 4.92. The zero-order chi connectivity index (χ0) is 21.2. The number of carbonyl (C=O) groups excluding carboxylic acids is 1. The largest absolute Gasteiger partial charge is 0.277 e. The van der Waals surface area contributed by atoms with E-state index in [2.05, 4.69) is 6.92 Å². The second-order valence-corrected chi connectivity index (χ2v) is 8.33. The number of hydrogen-bond acceptors (Lipinski definition) is 2. The minimum Gasteiger partial charge on any atom is -0.277 e. The van der Waals surface area contributed by atoms with Gasteiger partial charge in [-0.05, 0) is 60.2 Å². The van der Waals surface area contributed by atoms with Crippen LogP contribution in [0.4, 0.5) is 15.8 Å². The molecule has 0 bridgehead atoms. The molecule has 0 atom stereocenters. The minimum atomic E-state index is -0.277. The van der Waals surface area contributed by atoms with Crippen molar-refractivity contribution in [3.63, 3.8) is 0 Å². The van der Waals surface area contributed by atoms with Gasteiger partial charge in [0, 0.05) is 17.0 Å². The van der Waals surface area contributed by atoms with Gasteiger partial charge in [0.25, 0.3) is 5.91 Å².